The van der Waals surface area contributed by atoms with E-state index in [2.05, 4.69) is 22.2 Å². The molecule has 2 heterocycles. The Balaban J connectivity index is 1.36. The lowest BCUT2D eigenvalue weighted by Crippen LogP contribution is -2.50. The molecule has 2 amide bonds. The van der Waals surface area contributed by atoms with Crippen molar-refractivity contribution in [2.24, 2.45) is 0 Å². The third-order valence-corrected chi connectivity index (χ3v) is 6.20. The van der Waals surface area contributed by atoms with Crippen LogP contribution in [0.1, 0.15) is 35.5 Å². The number of hydrogen-bond acceptors (Lipinski definition) is 4. The van der Waals surface area contributed by atoms with E-state index in [4.69, 9.17) is 0 Å². The van der Waals surface area contributed by atoms with E-state index in [0.717, 1.165) is 29.1 Å². The first-order valence-electron chi connectivity index (χ1n) is 11.7. The fraction of sp³-hybridized carbons (Fsp3) is 0.346. The Kier molecular flexibility index (Phi) is 7.37. The van der Waals surface area contributed by atoms with Crippen molar-refractivity contribution in [1.82, 2.24) is 19.6 Å². The Bertz CT molecular complexity index is 1150. The van der Waals surface area contributed by atoms with Crippen LogP contribution in [0.25, 0.3) is 5.69 Å². The van der Waals surface area contributed by atoms with Gasteiger partial charge in [0.15, 0.2) is 0 Å². The van der Waals surface area contributed by atoms with Crippen LogP contribution in [0.15, 0.2) is 54.7 Å². The van der Waals surface area contributed by atoms with Crippen LogP contribution in [-0.2, 0) is 17.6 Å². The van der Waals surface area contributed by atoms with Gasteiger partial charge in [0, 0.05) is 31.9 Å². The summed E-state index contributed by atoms with van der Waals surface area (Å²) in [7, 11) is 0. The van der Waals surface area contributed by atoms with Gasteiger partial charge in [0.25, 0.3) is 5.91 Å². The van der Waals surface area contributed by atoms with E-state index in [1.807, 2.05) is 36.1 Å². The Labute approximate surface area is 199 Å². The van der Waals surface area contributed by atoms with Gasteiger partial charge in [-0.15, -0.1) is 0 Å². The first-order valence-corrected chi connectivity index (χ1v) is 11.7. The maximum Gasteiger partial charge on any atom is 0.257 e. The van der Waals surface area contributed by atoms with Gasteiger partial charge < -0.3 is 10.2 Å². The maximum absolute atomic E-state index is 13.3. The normalized spacial score (nSPS) is 14.3. The highest BCUT2D eigenvalue weighted by Gasteiger charge is 2.26. The maximum atomic E-state index is 13.3. The molecule has 1 aliphatic rings. The number of anilines is 1. The van der Waals surface area contributed by atoms with Crippen LogP contribution in [0.3, 0.4) is 0 Å². The van der Waals surface area contributed by atoms with Crippen molar-refractivity contribution in [3.8, 4) is 5.69 Å². The number of nitrogens with one attached hydrogen (secondary N) is 1. The van der Waals surface area contributed by atoms with Gasteiger partial charge in [-0.1, -0.05) is 32.0 Å². The minimum atomic E-state index is -0.314. The molecule has 2 aromatic carbocycles. The fourth-order valence-corrected chi connectivity index (χ4v) is 4.32. The Morgan fingerprint density at radius 1 is 0.971 bits per heavy atom. The van der Waals surface area contributed by atoms with Gasteiger partial charge in [0.1, 0.15) is 5.82 Å². The van der Waals surface area contributed by atoms with Crippen LogP contribution in [0.5, 0.6) is 0 Å². The summed E-state index contributed by atoms with van der Waals surface area (Å²) in [6.07, 6.45) is 3.07. The standard InChI is InChI=1S/C26H30FN5O2/c1-3-19-7-5-6-8-23(19)29-25(33)18-30-13-15-31(16-14-30)26(34)22-17-28-32(24(22)4-2)21-11-9-20(27)10-12-21/h5-12,17H,3-4,13-16,18H2,1-2H3,(H,29,33). The van der Waals surface area contributed by atoms with Crippen LogP contribution in [0, 0.1) is 5.82 Å². The molecule has 0 saturated carbocycles. The summed E-state index contributed by atoms with van der Waals surface area (Å²) in [6, 6.07) is 13.9. The van der Waals surface area contributed by atoms with Crippen molar-refractivity contribution in [2.75, 3.05) is 38.0 Å². The Hall–Kier alpha value is -3.52. The second-order valence-corrected chi connectivity index (χ2v) is 8.37. The zero-order valence-electron chi connectivity index (χ0n) is 19.6. The molecule has 34 heavy (non-hydrogen) atoms. The van der Waals surface area contributed by atoms with E-state index in [1.165, 1.54) is 12.1 Å². The monoisotopic (exact) mass is 463 g/mol. The number of rotatable bonds is 7. The number of aromatic nitrogens is 2. The molecule has 0 radical (unpaired) electrons. The molecule has 1 aromatic heterocycles. The molecular formula is C26H30FN5O2. The van der Waals surface area contributed by atoms with Crippen LogP contribution in [0.2, 0.25) is 0 Å². The number of nitrogens with zero attached hydrogens (tertiary/aromatic N) is 4. The molecule has 0 bridgehead atoms. The lowest BCUT2D eigenvalue weighted by molar-refractivity contribution is -0.117. The molecule has 0 aliphatic carbocycles. The number of amides is 2. The first-order chi connectivity index (χ1) is 16.5. The highest BCUT2D eigenvalue weighted by atomic mass is 19.1. The minimum Gasteiger partial charge on any atom is -0.336 e. The number of carbonyl (C=O) groups is 2. The smallest absolute Gasteiger partial charge is 0.257 e. The van der Waals surface area contributed by atoms with Gasteiger partial charge in [-0.25, -0.2) is 9.07 Å². The number of aryl methyl sites for hydroxylation is 1. The number of benzene rings is 2. The SMILES string of the molecule is CCc1ccccc1NC(=O)CN1CCN(C(=O)c2cnn(-c3ccc(F)cc3)c2CC)CC1. The molecule has 0 atom stereocenters. The molecule has 1 N–H and O–H groups in total. The number of hydrogen-bond donors (Lipinski definition) is 1. The Morgan fingerprint density at radius 3 is 2.35 bits per heavy atom. The first kappa shape index (κ1) is 23.6. The molecule has 1 fully saturated rings. The summed E-state index contributed by atoms with van der Waals surface area (Å²) < 4.78 is 15.0. The van der Waals surface area contributed by atoms with Crippen LogP contribution < -0.4 is 5.32 Å². The van der Waals surface area contributed by atoms with Gasteiger partial charge in [-0.2, -0.15) is 5.10 Å². The summed E-state index contributed by atoms with van der Waals surface area (Å²) in [5.41, 5.74) is 4.05. The molecule has 178 valence electrons. The molecule has 4 rings (SSSR count). The summed E-state index contributed by atoms with van der Waals surface area (Å²) in [5.74, 6) is -0.424. The number of halogens is 1. The third kappa shape index (κ3) is 5.17. The van der Waals surface area contributed by atoms with Crippen LogP contribution in [-0.4, -0.2) is 64.1 Å². The zero-order valence-corrected chi connectivity index (χ0v) is 19.6. The van der Waals surface area contributed by atoms with E-state index in [0.29, 0.717) is 44.7 Å². The van der Waals surface area contributed by atoms with Crippen molar-refractivity contribution in [1.29, 1.82) is 0 Å². The second kappa shape index (κ2) is 10.6. The predicted molar refractivity (Wildman–Crippen MR) is 130 cm³/mol. The van der Waals surface area contributed by atoms with E-state index >= 15 is 0 Å². The van der Waals surface area contributed by atoms with E-state index in [9.17, 15) is 14.0 Å². The molecule has 7 nitrogen and oxygen atoms in total. The number of piperazine rings is 1. The summed E-state index contributed by atoms with van der Waals surface area (Å²) in [5, 5.41) is 7.40. The van der Waals surface area contributed by atoms with Crippen molar-refractivity contribution < 1.29 is 14.0 Å². The zero-order chi connectivity index (χ0) is 24.1. The molecule has 0 unspecified atom stereocenters. The molecule has 8 heteroatoms. The highest BCUT2D eigenvalue weighted by Crippen LogP contribution is 2.19. The van der Waals surface area contributed by atoms with Gasteiger partial charge >= 0.3 is 0 Å². The van der Waals surface area contributed by atoms with Crippen molar-refractivity contribution in [3.63, 3.8) is 0 Å². The third-order valence-electron chi connectivity index (χ3n) is 6.20. The van der Waals surface area contributed by atoms with E-state index in [1.54, 1.807) is 23.0 Å². The number of para-hydroxylation sites is 1. The van der Waals surface area contributed by atoms with Gasteiger partial charge in [-0.3, -0.25) is 14.5 Å². The fourth-order valence-electron chi connectivity index (χ4n) is 4.32. The van der Waals surface area contributed by atoms with Crippen LogP contribution >= 0.6 is 0 Å². The quantitative estimate of drug-likeness (QED) is 0.582. The van der Waals surface area contributed by atoms with Gasteiger partial charge in [-0.05, 0) is 48.7 Å². The average molecular weight is 464 g/mol. The van der Waals surface area contributed by atoms with Crippen molar-refractivity contribution in [3.05, 3.63) is 77.4 Å². The van der Waals surface area contributed by atoms with E-state index in [-0.39, 0.29) is 17.6 Å². The topological polar surface area (TPSA) is 70.5 Å². The second-order valence-electron chi connectivity index (χ2n) is 8.37. The highest BCUT2D eigenvalue weighted by molar-refractivity contribution is 5.95. The predicted octanol–water partition coefficient (Wildman–Crippen LogP) is 3.53. The molecule has 0 spiro atoms. The lowest BCUT2D eigenvalue weighted by Gasteiger charge is -2.34. The minimum absolute atomic E-state index is 0.0467. The molecule has 1 saturated heterocycles. The van der Waals surface area contributed by atoms with Gasteiger partial charge in [0.2, 0.25) is 5.91 Å². The summed E-state index contributed by atoms with van der Waals surface area (Å²) in [4.78, 5) is 29.7. The molecule has 3 aromatic rings. The van der Waals surface area contributed by atoms with Crippen molar-refractivity contribution in [2.45, 2.75) is 26.7 Å². The lowest BCUT2D eigenvalue weighted by atomic mass is 10.1. The van der Waals surface area contributed by atoms with Crippen molar-refractivity contribution >= 4 is 17.5 Å². The van der Waals surface area contributed by atoms with Crippen LogP contribution in [0.4, 0.5) is 10.1 Å². The number of carbonyl (C=O) groups excluding carboxylic acids is 2. The summed E-state index contributed by atoms with van der Waals surface area (Å²) >= 11 is 0. The average Bonchev–Trinajstić information content (AvgIpc) is 3.29. The van der Waals surface area contributed by atoms with E-state index < -0.39 is 0 Å². The molecular weight excluding hydrogens is 433 g/mol. The molecule has 1 aliphatic heterocycles. The largest absolute Gasteiger partial charge is 0.336 e. The Morgan fingerprint density at radius 2 is 1.68 bits per heavy atom. The van der Waals surface area contributed by atoms with Gasteiger partial charge in [0.05, 0.1) is 29.7 Å². The summed E-state index contributed by atoms with van der Waals surface area (Å²) in [6.45, 7) is 6.67.